The van der Waals surface area contributed by atoms with Gasteiger partial charge in [-0.05, 0) is 0 Å². The van der Waals surface area contributed by atoms with E-state index >= 15 is 0 Å². The molecule has 0 aliphatic carbocycles. The van der Waals surface area contributed by atoms with Crippen molar-refractivity contribution in [2.24, 2.45) is 0 Å². The van der Waals surface area contributed by atoms with Gasteiger partial charge in [0.05, 0.1) is 71.0 Å². The van der Waals surface area contributed by atoms with Crippen LogP contribution in [-0.4, -0.2) is 365 Å². The highest BCUT2D eigenvalue weighted by molar-refractivity contribution is 5.04. The summed E-state index contributed by atoms with van der Waals surface area (Å²) in [6.07, 6.45) is -55.6. The Hall–Kier alpha value is -2.90. The van der Waals surface area contributed by atoms with Gasteiger partial charge >= 0.3 is 0 Å². The minimum atomic E-state index is -2.20. The van der Waals surface area contributed by atoms with E-state index in [1.54, 1.807) is 0 Å². The Labute approximate surface area is 480 Å². The van der Waals surface area contributed by atoms with Crippen molar-refractivity contribution in [1.82, 2.24) is 19.1 Å². The molecule has 0 saturated carbocycles. The van der Waals surface area contributed by atoms with Gasteiger partial charge in [-0.3, -0.25) is 0 Å². The topological polar surface area (TPSA) is 549 Å². The zero-order valence-electron chi connectivity index (χ0n) is 44.6. The lowest BCUT2D eigenvalue weighted by Crippen LogP contribution is -2.68. The Balaban J connectivity index is 0.975. The van der Waals surface area contributed by atoms with Crippen molar-refractivity contribution >= 4 is 0 Å². The highest BCUT2D eigenvalue weighted by Gasteiger charge is 2.60. The van der Waals surface area contributed by atoms with Crippen molar-refractivity contribution in [3.8, 4) is 0 Å². The van der Waals surface area contributed by atoms with E-state index in [4.69, 9.17) is 66.3 Å². The van der Waals surface area contributed by atoms with Crippen molar-refractivity contribution in [1.29, 1.82) is 0 Å². The summed E-state index contributed by atoms with van der Waals surface area (Å²) in [6.45, 7) is -6.97. The first-order chi connectivity index (χ1) is 40.8. The van der Waals surface area contributed by atoms with Gasteiger partial charge in [0.2, 0.25) is 0 Å². The van der Waals surface area contributed by atoms with Gasteiger partial charge in [-0.1, -0.05) is 0 Å². The summed E-state index contributed by atoms with van der Waals surface area (Å²) in [5.74, 6) is 0. The molecule has 484 valence electrons. The lowest BCUT2D eigenvalue weighted by Gasteiger charge is -2.51. The number of hydrogen-bond donors (Lipinski definition) is 19. The monoisotopic (exact) mass is 1230 g/mol. The highest BCUT2D eigenvalue weighted by atomic mass is 16.8. The Morgan fingerprint density at radius 1 is 0.247 bits per heavy atom. The Morgan fingerprint density at radius 3 is 0.624 bits per heavy atom. The third kappa shape index (κ3) is 12.5. The Kier molecular flexibility index (Phi) is 21.2. The number of aliphatic hydroxyl groups excluding tert-OH is 19. The van der Waals surface area contributed by atoms with E-state index in [0.717, 1.165) is 0 Å². The summed E-state index contributed by atoms with van der Waals surface area (Å²) in [7, 11) is 0. The Bertz CT molecular complexity index is 2310. The summed E-state index contributed by atoms with van der Waals surface area (Å²) in [5.41, 5.74) is 0. The molecule has 0 amide bonds. The zero-order chi connectivity index (χ0) is 60.9. The molecule has 37 heteroatoms. The van der Waals surface area contributed by atoms with Crippen molar-refractivity contribution in [3.05, 3.63) is 37.4 Å². The van der Waals surface area contributed by atoms with Crippen molar-refractivity contribution < 1.29 is 163 Å². The van der Waals surface area contributed by atoms with Crippen LogP contribution in [-0.2, 0) is 66.3 Å². The molecule has 23 rings (SSSR count). The maximum absolute atomic E-state index is 12.1. The second-order valence-electron chi connectivity index (χ2n) is 21.7. The largest absolute Gasteiger partial charge is 0.394 e. The standard InChI is InChI=1S/C48H74N4O33/c53-5-14-35-22(52-4-2-50-13-52)24(61)43(73-14)82-38-17(8-56)76-46(32(69)27(38)64)84-40-19(10-58)78-48(34(71)29(40)66)85-41-20(11-59)77-47(33(70)28(41)65)83-39-18(9-57)75-45(31(68)26(39)63)80-36-15(6-54)72-42(23(60)21(36)51-3-1-49-12-51)81-37-16(7-55)74-44(79-35)30(67)25(37)62/h1-4,12-48,53-71H,5-11H2/t14-,15-,16-,17-,18+,19-,20-,21+,22-,23+,24+,25+,26-,27+,28-,29+,30-,31-,32+,33-,34+,35-,36-,37-,38-,39-,40-,41-,42-,43-,44-,45-,46-,47-,48-/m1/s1. The van der Waals surface area contributed by atoms with E-state index in [9.17, 15) is 97.0 Å². The predicted molar refractivity (Wildman–Crippen MR) is 259 cm³/mol. The lowest BCUT2D eigenvalue weighted by atomic mass is 9.93. The number of aliphatic hydroxyl groups is 19. The fraction of sp³-hybridized carbons (Fsp3) is 0.875. The van der Waals surface area contributed by atoms with E-state index in [1.807, 2.05) is 0 Å². The molecule has 0 spiro atoms. The maximum Gasteiger partial charge on any atom is 0.187 e. The van der Waals surface area contributed by atoms with E-state index < -0.39 is 261 Å². The van der Waals surface area contributed by atoms with Gasteiger partial charge in [0, 0.05) is 24.8 Å². The van der Waals surface area contributed by atoms with Crippen LogP contribution in [0.1, 0.15) is 12.1 Å². The van der Waals surface area contributed by atoms with Crippen LogP contribution >= 0.6 is 0 Å². The minimum absolute atomic E-state index is 0.946. The molecule has 2 aromatic heterocycles. The predicted octanol–water partition coefficient (Wildman–Crippen LogP) is -13.1. The molecule has 21 aliphatic heterocycles. The van der Waals surface area contributed by atoms with E-state index in [0.29, 0.717) is 0 Å². The molecule has 21 saturated heterocycles. The third-order valence-electron chi connectivity index (χ3n) is 16.5. The van der Waals surface area contributed by atoms with Gasteiger partial charge in [0.25, 0.3) is 0 Å². The van der Waals surface area contributed by atoms with Crippen LogP contribution in [0.25, 0.3) is 0 Å². The molecule has 0 aromatic carbocycles. The number of ether oxygens (including phenoxy) is 14. The molecule has 19 N–H and O–H groups in total. The number of rotatable bonds is 9. The third-order valence-corrected chi connectivity index (χ3v) is 16.5. The van der Waals surface area contributed by atoms with Gasteiger partial charge in [-0.2, -0.15) is 0 Å². The van der Waals surface area contributed by atoms with Crippen molar-refractivity contribution in [2.45, 2.75) is 215 Å². The van der Waals surface area contributed by atoms with Crippen LogP contribution in [0.15, 0.2) is 37.4 Å². The van der Waals surface area contributed by atoms with E-state index in [1.165, 1.54) is 46.6 Å². The number of hydrogen-bond acceptors (Lipinski definition) is 35. The summed E-state index contributed by atoms with van der Waals surface area (Å²) >= 11 is 0. The summed E-state index contributed by atoms with van der Waals surface area (Å²) < 4.78 is 85.5. The van der Waals surface area contributed by atoms with Crippen LogP contribution in [0.4, 0.5) is 0 Å². The second kappa shape index (κ2) is 27.7. The number of nitrogens with zero attached hydrogens (tertiary/aromatic N) is 4. The summed E-state index contributed by atoms with van der Waals surface area (Å²) in [6, 6.07) is -2.90. The van der Waals surface area contributed by atoms with E-state index in [-0.39, 0.29) is 0 Å². The average molecular weight is 1240 g/mol. The number of imidazole rings is 2. The molecule has 21 fully saturated rings. The SMILES string of the molecule is OC[C@@H]1O[C@@H]2O[C@H]3[C@@H](n4ccnc4)[C@H](O)[C@@H](O[C@H]4[C@@H](O)[C@@H](O)[C@@H](O[C@H]5[C@H](n6ccnc6)[C@H](O)[C@@H](O[C@H]6[C@@H](O)[C@H](O)[C@@H](O[C@H]7[C@@H](O)[C@H](O)[C@@H](O[C@H]8[C@H](O)[C@@H](O)[C@@H](O[C@H]1[C@H](O)[C@H]2O)O[C@@H]8CO)O[C@@H]7CO)O[C@@H]6CO)O[C@@H]5CO)O[C@@H]4CO)O[C@@H]3CO. The van der Waals surface area contributed by atoms with Crippen LogP contribution in [0.5, 0.6) is 0 Å². The maximum atomic E-state index is 12.1. The first-order valence-corrected chi connectivity index (χ1v) is 27.4. The van der Waals surface area contributed by atoms with Gasteiger partial charge < -0.3 is 172 Å². The summed E-state index contributed by atoms with van der Waals surface area (Å²) in [4.78, 5) is 8.04. The second-order valence-corrected chi connectivity index (χ2v) is 21.7. The molecule has 23 heterocycles. The number of aromatic nitrogens is 4. The van der Waals surface area contributed by atoms with Crippen molar-refractivity contribution in [3.63, 3.8) is 0 Å². The van der Waals surface area contributed by atoms with E-state index in [2.05, 4.69) is 9.97 Å². The normalized spacial score (nSPS) is 51.3. The molecule has 0 radical (unpaired) electrons. The Morgan fingerprint density at radius 2 is 0.435 bits per heavy atom. The minimum Gasteiger partial charge on any atom is -0.394 e. The first kappa shape index (κ1) is 65.1. The molecule has 14 bridgehead atoms. The van der Waals surface area contributed by atoms with Gasteiger partial charge in [-0.25, -0.2) is 9.97 Å². The molecule has 0 unspecified atom stereocenters. The van der Waals surface area contributed by atoms with Crippen LogP contribution in [0.3, 0.4) is 0 Å². The van der Waals surface area contributed by atoms with Gasteiger partial charge in [0.15, 0.2) is 44.0 Å². The zero-order valence-corrected chi connectivity index (χ0v) is 44.6. The van der Waals surface area contributed by atoms with Gasteiger partial charge in [-0.15, -0.1) is 0 Å². The lowest BCUT2D eigenvalue weighted by molar-refractivity contribution is -0.395. The molecule has 37 nitrogen and oxygen atoms in total. The quantitative estimate of drug-likeness (QED) is 0.111. The highest BCUT2D eigenvalue weighted by Crippen LogP contribution is 2.42. The smallest absolute Gasteiger partial charge is 0.187 e. The fourth-order valence-electron chi connectivity index (χ4n) is 12.0. The molecule has 21 aliphatic rings. The molecular weight excluding hydrogens is 1160 g/mol. The molecular formula is C48H74N4O33. The average Bonchev–Trinajstić information content (AvgIpc) is 2.42. The van der Waals surface area contributed by atoms with Crippen LogP contribution in [0, 0.1) is 0 Å². The van der Waals surface area contributed by atoms with Crippen LogP contribution < -0.4 is 0 Å². The fourth-order valence-corrected chi connectivity index (χ4v) is 12.0. The van der Waals surface area contributed by atoms with Crippen molar-refractivity contribution in [2.75, 3.05) is 46.2 Å². The van der Waals surface area contributed by atoms with Crippen LogP contribution in [0.2, 0.25) is 0 Å². The molecule has 85 heavy (non-hydrogen) atoms. The molecule has 2 aromatic rings. The van der Waals surface area contributed by atoms with Gasteiger partial charge in [0.1, 0.15) is 159 Å². The summed E-state index contributed by atoms with van der Waals surface area (Å²) in [5, 5.41) is 214. The first-order valence-electron chi connectivity index (χ1n) is 27.4. The molecule has 35 atom stereocenters.